The summed E-state index contributed by atoms with van der Waals surface area (Å²) in [6.45, 7) is 4.28. The number of amides is 1. The van der Waals surface area contributed by atoms with Gasteiger partial charge in [-0.25, -0.2) is 4.79 Å². The van der Waals surface area contributed by atoms with E-state index in [4.69, 9.17) is 5.11 Å². The number of hydrogen-bond acceptors (Lipinski definition) is 3. The molecule has 0 aliphatic rings. The van der Waals surface area contributed by atoms with Gasteiger partial charge < -0.3 is 10.4 Å². The minimum Gasteiger partial charge on any atom is -0.476 e. The molecular weight excluding hydrogens is 270 g/mol. The Bertz CT molecular complexity index is 677. The van der Waals surface area contributed by atoms with Crippen molar-refractivity contribution in [2.75, 3.05) is 5.32 Å². The Morgan fingerprint density at radius 2 is 2.05 bits per heavy atom. The number of carboxylic acid groups (broad SMARTS) is 1. The fourth-order valence-corrected chi connectivity index (χ4v) is 1.92. The molecule has 0 unspecified atom stereocenters. The van der Waals surface area contributed by atoms with Gasteiger partial charge in [0, 0.05) is 24.8 Å². The second kappa shape index (κ2) is 6.21. The van der Waals surface area contributed by atoms with Crippen molar-refractivity contribution in [2.45, 2.75) is 26.8 Å². The van der Waals surface area contributed by atoms with E-state index in [1.54, 1.807) is 6.20 Å². The topological polar surface area (TPSA) is 84.2 Å². The van der Waals surface area contributed by atoms with E-state index in [1.807, 2.05) is 32.0 Å². The zero-order valence-corrected chi connectivity index (χ0v) is 12.0. The van der Waals surface area contributed by atoms with E-state index in [1.165, 1.54) is 10.7 Å². The molecule has 0 fully saturated rings. The molecule has 6 nitrogen and oxygen atoms in total. The lowest BCUT2D eigenvalue weighted by Gasteiger charge is -2.10. The Labute approximate surface area is 122 Å². The molecule has 110 valence electrons. The number of nitrogens with zero attached hydrogens (tertiary/aromatic N) is 2. The van der Waals surface area contributed by atoms with Gasteiger partial charge in [0.1, 0.15) is 0 Å². The number of aromatic nitrogens is 2. The quantitative estimate of drug-likeness (QED) is 0.883. The van der Waals surface area contributed by atoms with E-state index in [-0.39, 0.29) is 18.0 Å². The van der Waals surface area contributed by atoms with Gasteiger partial charge in [0.05, 0.1) is 0 Å². The van der Waals surface area contributed by atoms with Crippen LogP contribution < -0.4 is 5.32 Å². The zero-order chi connectivity index (χ0) is 15.4. The van der Waals surface area contributed by atoms with Crippen molar-refractivity contribution in [1.29, 1.82) is 0 Å². The minimum atomic E-state index is -1.08. The lowest BCUT2D eigenvalue weighted by atomic mass is 10.1. The molecule has 1 aromatic heterocycles. The molecule has 0 saturated heterocycles. The van der Waals surface area contributed by atoms with Crippen molar-refractivity contribution >= 4 is 17.6 Å². The van der Waals surface area contributed by atoms with Gasteiger partial charge in [-0.05, 0) is 37.1 Å². The van der Waals surface area contributed by atoms with Crippen LogP contribution in [0.5, 0.6) is 0 Å². The molecule has 2 N–H and O–H groups in total. The zero-order valence-electron chi connectivity index (χ0n) is 12.0. The summed E-state index contributed by atoms with van der Waals surface area (Å²) in [5.74, 6) is -1.20. The largest absolute Gasteiger partial charge is 0.476 e. The van der Waals surface area contributed by atoms with Crippen LogP contribution in [0.15, 0.2) is 30.5 Å². The van der Waals surface area contributed by atoms with Gasteiger partial charge >= 0.3 is 5.97 Å². The molecule has 2 aromatic rings. The first-order valence-corrected chi connectivity index (χ1v) is 6.60. The third-order valence-corrected chi connectivity index (χ3v) is 3.31. The third-order valence-electron chi connectivity index (χ3n) is 3.31. The number of aromatic carboxylic acids is 1. The van der Waals surface area contributed by atoms with E-state index in [0.717, 1.165) is 16.8 Å². The molecule has 0 radical (unpaired) electrons. The summed E-state index contributed by atoms with van der Waals surface area (Å²) < 4.78 is 1.45. The van der Waals surface area contributed by atoms with Gasteiger partial charge in [0.25, 0.3) is 0 Å². The monoisotopic (exact) mass is 287 g/mol. The van der Waals surface area contributed by atoms with Crippen molar-refractivity contribution in [1.82, 2.24) is 9.78 Å². The predicted molar refractivity (Wildman–Crippen MR) is 78.3 cm³/mol. The first-order valence-electron chi connectivity index (χ1n) is 6.60. The highest BCUT2D eigenvalue weighted by Gasteiger charge is 2.09. The standard InChI is InChI=1S/C15H17N3O3/c1-10-4-3-5-12(11(10)2)16-14(19)7-9-18-8-6-13(17-18)15(20)21/h3-6,8H,7,9H2,1-2H3,(H,16,19)(H,20,21). The molecule has 0 aliphatic heterocycles. The summed E-state index contributed by atoms with van der Waals surface area (Å²) in [5.41, 5.74) is 2.93. The van der Waals surface area contributed by atoms with Gasteiger partial charge in [-0.1, -0.05) is 12.1 Å². The van der Waals surface area contributed by atoms with Gasteiger partial charge in [0.15, 0.2) is 5.69 Å². The number of aryl methyl sites for hydroxylation is 2. The van der Waals surface area contributed by atoms with E-state index >= 15 is 0 Å². The maximum atomic E-state index is 11.9. The number of rotatable bonds is 5. The van der Waals surface area contributed by atoms with Crippen LogP contribution in [-0.4, -0.2) is 26.8 Å². The Kier molecular flexibility index (Phi) is 4.37. The summed E-state index contributed by atoms with van der Waals surface area (Å²) in [6.07, 6.45) is 1.78. The van der Waals surface area contributed by atoms with Crippen molar-refractivity contribution in [2.24, 2.45) is 0 Å². The lowest BCUT2D eigenvalue weighted by molar-refractivity contribution is -0.116. The van der Waals surface area contributed by atoms with E-state index in [2.05, 4.69) is 10.4 Å². The lowest BCUT2D eigenvalue weighted by Crippen LogP contribution is -2.16. The number of nitrogens with one attached hydrogen (secondary N) is 1. The molecule has 0 aliphatic carbocycles. The SMILES string of the molecule is Cc1cccc(NC(=O)CCn2ccc(C(=O)O)n2)c1C. The van der Waals surface area contributed by atoms with E-state index < -0.39 is 5.97 Å². The second-order valence-electron chi connectivity index (χ2n) is 4.81. The molecule has 0 atom stereocenters. The molecule has 0 bridgehead atoms. The summed E-state index contributed by atoms with van der Waals surface area (Å²) in [5, 5.41) is 15.5. The molecule has 1 heterocycles. The van der Waals surface area contributed by atoms with Gasteiger partial charge in [0.2, 0.25) is 5.91 Å². The fourth-order valence-electron chi connectivity index (χ4n) is 1.92. The van der Waals surface area contributed by atoms with Crippen LogP contribution in [0.1, 0.15) is 28.0 Å². The summed E-state index contributed by atoms with van der Waals surface area (Å²) in [6, 6.07) is 7.15. The molecule has 2 rings (SSSR count). The van der Waals surface area contributed by atoms with Crippen LogP contribution in [0.25, 0.3) is 0 Å². The fraction of sp³-hybridized carbons (Fsp3) is 0.267. The molecular formula is C15H17N3O3. The molecule has 1 amide bonds. The smallest absolute Gasteiger partial charge is 0.356 e. The van der Waals surface area contributed by atoms with Crippen LogP contribution in [0.4, 0.5) is 5.69 Å². The van der Waals surface area contributed by atoms with Gasteiger partial charge in [-0.15, -0.1) is 0 Å². The van der Waals surface area contributed by atoms with Crippen molar-refractivity contribution in [3.63, 3.8) is 0 Å². The number of anilines is 1. The second-order valence-corrected chi connectivity index (χ2v) is 4.81. The van der Waals surface area contributed by atoms with Gasteiger partial charge in [-0.3, -0.25) is 9.48 Å². The number of hydrogen-bond donors (Lipinski definition) is 2. The number of carboxylic acids is 1. The first-order chi connectivity index (χ1) is 9.97. The highest BCUT2D eigenvalue weighted by Crippen LogP contribution is 2.18. The van der Waals surface area contributed by atoms with E-state index in [9.17, 15) is 9.59 Å². The average Bonchev–Trinajstić information content (AvgIpc) is 2.91. The van der Waals surface area contributed by atoms with Crippen LogP contribution in [0.2, 0.25) is 0 Å². The normalized spacial score (nSPS) is 10.4. The van der Waals surface area contributed by atoms with Crippen LogP contribution in [0, 0.1) is 13.8 Å². The molecule has 1 aromatic carbocycles. The van der Waals surface area contributed by atoms with Crippen molar-refractivity contribution in [3.8, 4) is 0 Å². The van der Waals surface area contributed by atoms with Crippen molar-refractivity contribution in [3.05, 3.63) is 47.3 Å². The maximum absolute atomic E-state index is 11.9. The average molecular weight is 287 g/mol. The summed E-state index contributed by atoms with van der Waals surface area (Å²) in [4.78, 5) is 22.6. The maximum Gasteiger partial charge on any atom is 0.356 e. The Morgan fingerprint density at radius 1 is 1.29 bits per heavy atom. The Balaban J connectivity index is 1.92. The summed E-state index contributed by atoms with van der Waals surface area (Å²) in [7, 11) is 0. The highest BCUT2D eigenvalue weighted by atomic mass is 16.4. The Hall–Kier alpha value is -2.63. The van der Waals surface area contributed by atoms with Crippen LogP contribution >= 0.6 is 0 Å². The first kappa shape index (κ1) is 14.8. The van der Waals surface area contributed by atoms with E-state index in [0.29, 0.717) is 6.54 Å². The summed E-state index contributed by atoms with van der Waals surface area (Å²) >= 11 is 0. The molecule has 0 saturated carbocycles. The molecule has 0 spiro atoms. The number of carbonyl (C=O) groups is 2. The minimum absolute atomic E-state index is 0.0232. The third kappa shape index (κ3) is 3.68. The number of benzene rings is 1. The molecule has 6 heteroatoms. The molecule has 21 heavy (non-hydrogen) atoms. The van der Waals surface area contributed by atoms with Crippen molar-refractivity contribution < 1.29 is 14.7 Å². The van der Waals surface area contributed by atoms with Crippen LogP contribution in [0.3, 0.4) is 0 Å². The highest BCUT2D eigenvalue weighted by molar-refractivity contribution is 5.91. The van der Waals surface area contributed by atoms with Gasteiger partial charge in [-0.2, -0.15) is 5.10 Å². The predicted octanol–water partition coefficient (Wildman–Crippen LogP) is 2.23. The number of carbonyl (C=O) groups excluding carboxylic acids is 1. The Morgan fingerprint density at radius 3 is 2.71 bits per heavy atom. The van der Waals surface area contributed by atoms with Crippen LogP contribution in [-0.2, 0) is 11.3 Å².